The van der Waals surface area contributed by atoms with Gasteiger partial charge in [-0.15, -0.1) is 0 Å². The zero-order valence-corrected chi connectivity index (χ0v) is 10.8. The molecule has 1 heterocycles. The van der Waals surface area contributed by atoms with E-state index in [2.05, 4.69) is 26.1 Å². The van der Waals surface area contributed by atoms with E-state index in [0.29, 0.717) is 12.3 Å². The van der Waals surface area contributed by atoms with Crippen LogP contribution in [-0.4, -0.2) is 22.8 Å². The maximum atomic E-state index is 11.4. The lowest BCUT2D eigenvalue weighted by atomic mass is 10.1. The third-order valence-corrected chi connectivity index (χ3v) is 2.69. The Bertz CT molecular complexity index is 537. The first kappa shape index (κ1) is 11.9. The smallest absolute Gasteiger partial charge is 0.358 e. The van der Waals surface area contributed by atoms with Gasteiger partial charge in [-0.3, -0.25) is 5.10 Å². The number of carbonyl (C=O) groups is 1. The summed E-state index contributed by atoms with van der Waals surface area (Å²) in [4.78, 5) is 11.4. The van der Waals surface area contributed by atoms with Gasteiger partial charge in [0, 0.05) is 10.0 Å². The number of halogens is 1. The van der Waals surface area contributed by atoms with E-state index >= 15 is 0 Å². The molecule has 5 heteroatoms. The molecule has 4 nitrogen and oxygen atoms in total. The van der Waals surface area contributed by atoms with Crippen molar-refractivity contribution in [3.63, 3.8) is 0 Å². The molecule has 17 heavy (non-hydrogen) atoms. The predicted molar refractivity (Wildman–Crippen MR) is 67.7 cm³/mol. The Balaban J connectivity index is 2.27. The standard InChI is InChI=1S/C12H11BrN2O2/c1-2-17-12(16)11-7-10(14-15-11)8-4-3-5-9(13)6-8/h3-7H,2H2,1H3,(H,14,15). The first-order valence-electron chi connectivity index (χ1n) is 5.19. The second kappa shape index (κ2) is 5.14. The van der Waals surface area contributed by atoms with Crippen LogP contribution in [0.5, 0.6) is 0 Å². The van der Waals surface area contributed by atoms with Crippen LogP contribution < -0.4 is 0 Å². The quantitative estimate of drug-likeness (QED) is 0.886. The number of hydrogen-bond acceptors (Lipinski definition) is 3. The van der Waals surface area contributed by atoms with Crippen molar-refractivity contribution in [1.29, 1.82) is 0 Å². The zero-order valence-electron chi connectivity index (χ0n) is 9.24. The van der Waals surface area contributed by atoms with Crippen molar-refractivity contribution in [1.82, 2.24) is 10.2 Å². The van der Waals surface area contributed by atoms with Crippen molar-refractivity contribution in [3.8, 4) is 11.3 Å². The van der Waals surface area contributed by atoms with Crippen LogP contribution in [0.25, 0.3) is 11.3 Å². The molecule has 0 saturated carbocycles. The summed E-state index contributed by atoms with van der Waals surface area (Å²) in [7, 11) is 0. The summed E-state index contributed by atoms with van der Waals surface area (Å²) in [5.41, 5.74) is 2.04. The fraction of sp³-hybridized carbons (Fsp3) is 0.167. The molecule has 0 fully saturated rings. The molecule has 2 aromatic rings. The van der Waals surface area contributed by atoms with Gasteiger partial charge in [0.25, 0.3) is 0 Å². The van der Waals surface area contributed by atoms with Gasteiger partial charge < -0.3 is 4.74 Å². The number of nitrogens with one attached hydrogen (secondary N) is 1. The number of benzene rings is 1. The van der Waals surface area contributed by atoms with Gasteiger partial charge in [-0.25, -0.2) is 4.79 Å². The Labute approximate surface area is 107 Å². The maximum absolute atomic E-state index is 11.4. The van der Waals surface area contributed by atoms with Crippen LogP contribution >= 0.6 is 15.9 Å². The molecule has 0 aliphatic rings. The maximum Gasteiger partial charge on any atom is 0.358 e. The molecule has 0 bridgehead atoms. The van der Waals surface area contributed by atoms with E-state index in [1.165, 1.54) is 0 Å². The lowest BCUT2D eigenvalue weighted by molar-refractivity contribution is 0.0519. The molecule has 1 N–H and O–H groups in total. The number of ether oxygens (including phenoxy) is 1. The molecule has 0 amide bonds. The van der Waals surface area contributed by atoms with Crippen molar-refractivity contribution >= 4 is 21.9 Å². The number of carbonyl (C=O) groups excluding carboxylic acids is 1. The number of H-pyrrole nitrogens is 1. The van der Waals surface area contributed by atoms with Crippen LogP contribution in [0.4, 0.5) is 0 Å². The Hall–Kier alpha value is -1.62. The highest BCUT2D eigenvalue weighted by Gasteiger charge is 2.11. The third kappa shape index (κ3) is 2.74. The number of rotatable bonds is 3. The van der Waals surface area contributed by atoms with Crippen LogP contribution in [0.15, 0.2) is 34.8 Å². The van der Waals surface area contributed by atoms with Crippen molar-refractivity contribution < 1.29 is 9.53 Å². The Kier molecular flexibility index (Phi) is 3.58. The highest BCUT2D eigenvalue weighted by Crippen LogP contribution is 2.21. The molecule has 1 aromatic heterocycles. The van der Waals surface area contributed by atoms with Crippen LogP contribution in [0.1, 0.15) is 17.4 Å². The molecule has 0 spiro atoms. The summed E-state index contributed by atoms with van der Waals surface area (Å²) in [6, 6.07) is 9.42. The highest BCUT2D eigenvalue weighted by molar-refractivity contribution is 9.10. The predicted octanol–water partition coefficient (Wildman–Crippen LogP) is 3.02. The van der Waals surface area contributed by atoms with Crippen molar-refractivity contribution in [2.45, 2.75) is 6.92 Å². The average Bonchev–Trinajstić information content (AvgIpc) is 2.78. The van der Waals surface area contributed by atoms with Gasteiger partial charge in [0.1, 0.15) is 0 Å². The van der Waals surface area contributed by atoms with Gasteiger partial charge in [0.2, 0.25) is 0 Å². The van der Waals surface area contributed by atoms with Crippen LogP contribution in [-0.2, 0) is 4.74 Å². The topological polar surface area (TPSA) is 55.0 Å². The monoisotopic (exact) mass is 294 g/mol. The average molecular weight is 295 g/mol. The fourth-order valence-corrected chi connectivity index (χ4v) is 1.83. The Morgan fingerprint density at radius 2 is 2.29 bits per heavy atom. The summed E-state index contributed by atoms with van der Waals surface area (Å²) in [5.74, 6) is -0.412. The Morgan fingerprint density at radius 3 is 3.00 bits per heavy atom. The number of hydrogen-bond donors (Lipinski definition) is 1. The molecule has 1 aromatic carbocycles. The number of aromatic nitrogens is 2. The van der Waals surface area contributed by atoms with E-state index in [-0.39, 0.29) is 0 Å². The largest absolute Gasteiger partial charge is 0.461 e. The van der Waals surface area contributed by atoms with Crippen LogP contribution in [0.2, 0.25) is 0 Å². The minimum Gasteiger partial charge on any atom is -0.461 e. The number of esters is 1. The van der Waals surface area contributed by atoms with Crippen molar-refractivity contribution in [3.05, 3.63) is 40.5 Å². The van der Waals surface area contributed by atoms with Gasteiger partial charge in [0.05, 0.1) is 12.3 Å². The van der Waals surface area contributed by atoms with Crippen LogP contribution in [0, 0.1) is 0 Å². The van der Waals surface area contributed by atoms with Gasteiger partial charge in [-0.2, -0.15) is 5.10 Å². The second-order valence-corrected chi connectivity index (χ2v) is 4.31. The van der Waals surface area contributed by atoms with E-state index in [1.54, 1.807) is 13.0 Å². The fourth-order valence-electron chi connectivity index (χ4n) is 1.44. The summed E-state index contributed by atoms with van der Waals surface area (Å²) in [6.07, 6.45) is 0. The zero-order chi connectivity index (χ0) is 12.3. The molecule has 0 saturated heterocycles. The van der Waals surface area contributed by atoms with E-state index in [9.17, 15) is 4.79 Å². The molecule has 0 aliphatic carbocycles. The lowest BCUT2D eigenvalue weighted by Crippen LogP contribution is -2.04. The van der Waals surface area contributed by atoms with E-state index in [0.717, 1.165) is 15.7 Å². The molecule has 88 valence electrons. The molecule has 0 aliphatic heterocycles. The molecule has 0 unspecified atom stereocenters. The summed E-state index contributed by atoms with van der Waals surface area (Å²) < 4.78 is 5.84. The van der Waals surface area contributed by atoms with E-state index in [1.807, 2.05) is 24.3 Å². The first-order chi connectivity index (χ1) is 8.20. The van der Waals surface area contributed by atoms with Gasteiger partial charge in [0.15, 0.2) is 5.69 Å². The van der Waals surface area contributed by atoms with E-state index in [4.69, 9.17) is 4.74 Å². The highest BCUT2D eigenvalue weighted by atomic mass is 79.9. The summed E-state index contributed by atoms with van der Waals surface area (Å²) in [5, 5.41) is 6.74. The molecule has 0 radical (unpaired) electrons. The van der Waals surface area contributed by atoms with Gasteiger partial charge >= 0.3 is 5.97 Å². The number of aromatic amines is 1. The lowest BCUT2D eigenvalue weighted by Gasteiger charge is -1.97. The van der Waals surface area contributed by atoms with Crippen molar-refractivity contribution in [2.75, 3.05) is 6.61 Å². The third-order valence-electron chi connectivity index (χ3n) is 2.20. The molecule has 2 rings (SSSR count). The first-order valence-corrected chi connectivity index (χ1v) is 5.98. The van der Waals surface area contributed by atoms with Gasteiger partial charge in [-0.05, 0) is 25.1 Å². The Morgan fingerprint density at radius 1 is 1.47 bits per heavy atom. The molecular formula is C12H11BrN2O2. The minimum atomic E-state index is -0.412. The summed E-state index contributed by atoms with van der Waals surface area (Å²) >= 11 is 3.39. The van der Waals surface area contributed by atoms with Crippen LogP contribution in [0.3, 0.4) is 0 Å². The summed E-state index contributed by atoms with van der Waals surface area (Å²) in [6.45, 7) is 2.11. The second-order valence-electron chi connectivity index (χ2n) is 3.40. The molecule has 0 atom stereocenters. The van der Waals surface area contributed by atoms with Crippen molar-refractivity contribution in [2.24, 2.45) is 0 Å². The normalized spacial score (nSPS) is 10.2. The van der Waals surface area contributed by atoms with E-state index < -0.39 is 5.97 Å². The SMILES string of the molecule is CCOC(=O)c1cc(-c2cccc(Br)c2)[nH]n1. The number of nitrogens with zero attached hydrogens (tertiary/aromatic N) is 1. The van der Waals surface area contributed by atoms with Gasteiger partial charge in [-0.1, -0.05) is 28.1 Å². The minimum absolute atomic E-state index is 0.293. The molecular weight excluding hydrogens is 284 g/mol.